The number of halogens is 1. The Morgan fingerprint density at radius 3 is 2.67 bits per heavy atom. The summed E-state index contributed by atoms with van der Waals surface area (Å²) in [5.74, 6) is -0.866. The highest BCUT2D eigenvalue weighted by Gasteiger charge is 2.09. The number of benzene rings is 2. The summed E-state index contributed by atoms with van der Waals surface area (Å²) in [6, 6.07) is 11.4. The molecular formula is C18H16FNO. The molecule has 0 saturated carbocycles. The molecule has 2 aromatic carbocycles. The number of nitrogens with one attached hydrogen (secondary N) is 1. The molecule has 106 valence electrons. The predicted octanol–water partition coefficient (Wildman–Crippen LogP) is 4.43. The topological polar surface area (TPSA) is 29.1 Å². The number of fused-ring (bicyclic) bond motifs is 1. The van der Waals surface area contributed by atoms with E-state index >= 15 is 0 Å². The fourth-order valence-electron chi connectivity index (χ4n) is 2.05. The van der Waals surface area contributed by atoms with Gasteiger partial charge in [0.15, 0.2) is 0 Å². The molecule has 2 rings (SSSR count). The van der Waals surface area contributed by atoms with E-state index < -0.39 is 5.83 Å². The van der Waals surface area contributed by atoms with Gasteiger partial charge in [-0.1, -0.05) is 49.1 Å². The first-order valence-electron chi connectivity index (χ1n) is 6.49. The lowest BCUT2D eigenvalue weighted by Gasteiger charge is -2.08. The molecule has 21 heavy (non-hydrogen) atoms. The lowest BCUT2D eigenvalue weighted by atomic mass is 10.0. The number of hydrogen-bond acceptors (Lipinski definition) is 1. The quantitative estimate of drug-likeness (QED) is 0.825. The Hall–Kier alpha value is -2.68. The van der Waals surface area contributed by atoms with Gasteiger partial charge in [-0.2, -0.15) is 0 Å². The summed E-state index contributed by atoms with van der Waals surface area (Å²) < 4.78 is 12.5. The second-order valence-electron chi connectivity index (χ2n) is 4.79. The van der Waals surface area contributed by atoms with E-state index in [0.717, 1.165) is 22.4 Å². The fraction of sp³-hybridized carbons (Fsp3) is 0.0556. The van der Waals surface area contributed by atoms with Crippen molar-refractivity contribution >= 4 is 16.7 Å². The number of allylic oxidation sites excluding steroid dienone is 3. The lowest BCUT2D eigenvalue weighted by Crippen LogP contribution is -2.21. The van der Waals surface area contributed by atoms with Gasteiger partial charge in [-0.3, -0.25) is 4.79 Å². The molecule has 0 unspecified atom stereocenters. The highest BCUT2D eigenvalue weighted by Crippen LogP contribution is 2.20. The van der Waals surface area contributed by atoms with Gasteiger partial charge in [-0.15, -0.1) is 0 Å². The van der Waals surface area contributed by atoms with E-state index in [-0.39, 0.29) is 5.91 Å². The highest BCUT2D eigenvalue weighted by atomic mass is 19.1. The van der Waals surface area contributed by atoms with Crippen molar-refractivity contribution < 1.29 is 9.18 Å². The Morgan fingerprint density at radius 2 is 1.95 bits per heavy atom. The van der Waals surface area contributed by atoms with Crippen molar-refractivity contribution in [2.45, 2.75) is 6.92 Å². The standard InChI is InChI=1S/C18H16FNO/c1-12-7-10-16-15(11-12)5-4-6-17(16)18(21)20-14(3)9-8-13(2)19/h4-11H,2-3H2,1H3,(H,20,21)/b9-8-. The van der Waals surface area contributed by atoms with Gasteiger partial charge in [0.2, 0.25) is 0 Å². The Labute approximate surface area is 123 Å². The molecule has 2 aromatic rings. The molecule has 0 aromatic heterocycles. The van der Waals surface area contributed by atoms with Crippen LogP contribution >= 0.6 is 0 Å². The fourth-order valence-corrected chi connectivity index (χ4v) is 2.05. The zero-order valence-corrected chi connectivity index (χ0v) is 11.8. The van der Waals surface area contributed by atoms with E-state index in [1.54, 1.807) is 6.07 Å². The summed E-state index contributed by atoms with van der Waals surface area (Å²) in [6.07, 6.45) is 2.52. The number of carbonyl (C=O) groups excluding carboxylic acids is 1. The van der Waals surface area contributed by atoms with Crippen molar-refractivity contribution in [3.63, 3.8) is 0 Å². The Bertz CT molecular complexity index is 759. The Morgan fingerprint density at radius 1 is 1.19 bits per heavy atom. The molecule has 0 spiro atoms. The molecule has 0 fully saturated rings. The van der Waals surface area contributed by atoms with Gasteiger partial charge >= 0.3 is 0 Å². The maximum Gasteiger partial charge on any atom is 0.256 e. The van der Waals surface area contributed by atoms with Crippen LogP contribution in [0.2, 0.25) is 0 Å². The number of amides is 1. The Kier molecular flexibility index (Phi) is 4.33. The predicted molar refractivity (Wildman–Crippen MR) is 84.7 cm³/mol. The molecule has 0 radical (unpaired) electrons. The molecule has 0 aliphatic carbocycles. The number of carbonyl (C=O) groups is 1. The maximum absolute atomic E-state index is 12.5. The van der Waals surface area contributed by atoms with Gasteiger partial charge < -0.3 is 5.32 Å². The Balaban J connectivity index is 2.28. The van der Waals surface area contributed by atoms with Crippen LogP contribution in [0.4, 0.5) is 4.39 Å². The smallest absolute Gasteiger partial charge is 0.256 e. The minimum absolute atomic E-state index is 0.274. The van der Waals surface area contributed by atoms with Gasteiger partial charge in [0, 0.05) is 11.3 Å². The van der Waals surface area contributed by atoms with Gasteiger partial charge in [0.25, 0.3) is 5.91 Å². The van der Waals surface area contributed by atoms with Crippen molar-refractivity contribution in [2.24, 2.45) is 0 Å². The monoisotopic (exact) mass is 281 g/mol. The van der Waals surface area contributed by atoms with Crippen molar-refractivity contribution in [1.29, 1.82) is 0 Å². The number of hydrogen-bond donors (Lipinski definition) is 1. The van der Waals surface area contributed by atoms with Crippen molar-refractivity contribution in [3.05, 3.63) is 84.4 Å². The second kappa shape index (κ2) is 6.18. The van der Waals surface area contributed by atoms with Gasteiger partial charge in [0.05, 0.1) is 0 Å². The van der Waals surface area contributed by atoms with E-state index in [9.17, 15) is 9.18 Å². The normalized spacial score (nSPS) is 10.8. The van der Waals surface area contributed by atoms with E-state index in [1.165, 1.54) is 6.08 Å². The van der Waals surface area contributed by atoms with Crippen LogP contribution < -0.4 is 5.32 Å². The lowest BCUT2D eigenvalue weighted by molar-refractivity contribution is 0.0969. The minimum Gasteiger partial charge on any atom is -0.323 e. The van der Waals surface area contributed by atoms with Crippen LogP contribution in [0.5, 0.6) is 0 Å². The summed E-state index contributed by atoms with van der Waals surface area (Å²) in [5, 5.41) is 4.50. The average Bonchev–Trinajstić information content (AvgIpc) is 2.44. The van der Waals surface area contributed by atoms with E-state index in [2.05, 4.69) is 18.5 Å². The average molecular weight is 281 g/mol. The van der Waals surface area contributed by atoms with Crippen molar-refractivity contribution in [3.8, 4) is 0 Å². The molecule has 0 atom stereocenters. The maximum atomic E-state index is 12.5. The third-order valence-corrected chi connectivity index (χ3v) is 3.02. The molecule has 2 nitrogen and oxygen atoms in total. The zero-order valence-electron chi connectivity index (χ0n) is 11.8. The van der Waals surface area contributed by atoms with Crippen LogP contribution in [0, 0.1) is 6.92 Å². The SMILES string of the molecule is C=C(F)/C=C\C(=C)NC(=O)c1cccc2cc(C)ccc12. The van der Waals surface area contributed by atoms with Crippen LogP contribution in [0.25, 0.3) is 10.8 Å². The molecule has 0 aliphatic heterocycles. The van der Waals surface area contributed by atoms with Gasteiger partial charge in [-0.05, 0) is 35.9 Å². The summed E-state index contributed by atoms with van der Waals surface area (Å²) in [5.41, 5.74) is 2.00. The molecule has 0 aliphatic rings. The first kappa shape index (κ1) is 14.7. The van der Waals surface area contributed by atoms with Crippen LogP contribution in [-0.4, -0.2) is 5.91 Å². The molecule has 0 bridgehead atoms. The molecule has 0 heterocycles. The summed E-state index contributed by atoms with van der Waals surface area (Å²) in [6.45, 7) is 8.77. The van der Waals surface area contributed by atoms with E-state index in [0.29, 0.717) is 11.3 Å². The van der Waals surface area contributed by atoms with Crippen molar-refractivity contribution in [2.75, 3.05) is 0 Å². The highest BCUT2D eigenvalue weighted by molar-refractivity contribution is 6.07. The summed E-state index contributed by atoms with van der Waals surface area (Å²) in [4.78, 5) is 12.3. The van der Waals surface area contributed by atoms with E-state index in [4.69, 9.17) is 0 Å². The van der Waals surface area contributed by atoms with Crippen molar-refractivity contribution in [1.82, 2.24) is 5.32 Å². The number of aryl methyl sites for hydroxylation is 1. The molecule has 1 N–H and O–H groups in total. The number of rotatable bonds is 4. The summed E-state index contributed by atoms with van der Waals surface area (Å²) >= 11 is 0. The molecule has 1 amide bonds. The minimum atomic E-state index is -0.592. The second-order valence-corrected chi connectivity index (χ2v) is 4.79. The third-order valence-electron chi connectivity index (χ3n) is 3.02. The summed E-state index contributed by atoms with van der Waals surface area (Å²) in [7, 11) is 0. The molecule has 3 heteroatoms. The first-order valence-corrected chi connectivity index (χ1v) is 6.49. The van der Waals surface area contributed by atoms with Crippen LogP contribution in [0.3, 0.4) is 0 Å². The zero-order chi connectivity index (χ0) is 15.4. The molecular weight excluding hydrogens is 265 g/mol. The first-order chi connectivity index (χ1) is 9.97. The third kappa shape index (κ3) is 3.66. The molecule has 0 saturated heterocycles. The van der Waals surface area contributed by atoms with Crippen LogP contribution in [0.1, 0.15) is 15.9 Å². The van der Waals surface area contributed by atoms with Gasteiger partial charge in [-0.25, -0.2) is 4.39 Å². The van der Waals surface area contributed by atoms with E-state index in [1.807, 2.05) is 37.3 Å². The largest absolute Gasteiger partial charge is 0.323 e. The van der Waals surface area contributed by atoms with Crippen LogP contribution in [0.15, 0.2) is 73.2 Å². The van der Waals surface area contributed by atoms with Gasteiger partial charge in [0.1, 0.15) is 5.83 Å². The van der Waals surface area contributed by atoms with Crippen LogP contribution in [-0.2, 0) is 0 Å².